The average molecular weight is 525 g/mol. The second-order valence-corrected chi connectivity index (χ2v) is 10.8. The van der Waals surface area contributed by atoms with Gasteiger partial charge in [-0.25, -0.2) is 0 Å². The number of benzene rings is 2. The van der Waals surface area contributed by atoms with Crippen molar-refractivity contribution in [2.24, 2.45) is 16.3 Å². The predicted molar refractivity (Wildman–Crippen MR) is 140 cm³/mol. The smallest absolute Gasteiger partial charge is 0.251 e. The molecule has 0 spiro atoms. The zero-order valence-corrected chi connectivity index (χ0v) is 21.8. The quantitative estimate of drug-likeness (QED) is 0.508. The van der Waals surface area contributed by atoms with Gasteiger partial charge < -0.3 is 10.2 Å². The molecule has 1 saturated carbocycles. The van der Waals surface area contributed by atoms with Gasteiger partial charge in [-0.2, -0.15) is 5.26 Å². The van der Waals surface area contributed by atoms with E-state index in [2.05, 4.69) is 5.32 Å². The van der Waals surface area contributed by atoms with Crippen LogP contribution in [0.25, 0.3) is 0 Å². The Morgan fingerprint density at radius 3 is 2.61 bits per heavy atom. The van der Waals surface area contributed by atoms with Crippen LogP contribution in [0.1, 0.15) is 62.0 Å². The number of amides is 2. The molecule has 9 heteroatoms. The Balaban J connectivity index is 1.92. The van der Waals surface area contributed by atoms with Crippen LogP contribution in [0.5, 0.6) is 0 Å². The number of hydrogen-bond donors (Lipinski definition) is 1. The molecule has 1 aliphatic carbocycles. The van der Waals surface area contributed by atoms with E-state index in [-0.39, 0.29) is 36.0 Å². The van der Waals surface area contributed by atoms with Crippen molar-refractivity contribution < 1.29 is 14.4 Å². The average Bonchev–Trinajstić information content (AvgIpc) is 2.92. The SMILES string of the molecule is CC(=O)N1c2ccc(C(=O)NCCC#N)cc2N=C2CC(C)(C)CC(=O)C2C1c1ccc(Cl)cc1Cl. The Labute approximate surface area is 220 Å². The third-order valence-corrected chi connectivity index (χ3v) is 7.08. The van der Waals surface area contributed by atoms with E-state index in [0.29, 0.717) is 51.1 Å². The molecule has 2 atom stereocenters. The first kappa shape index (κ1) is 25.9. The summed E-state index contributed by atoms with van der Waals surface area (Å²) in [6.07, 6.45) is 1.08. The molecule has 7 nitrogen and oxygen atoms in total. The Bertz CT molecular complexity index is 1330. The van der Waals surface area contributed by atoms with E-state index in [1.54, 1.807) is 41.3 Å². The molecule has 1 aliphatic heterocycles. The number of Topliss-reactive ketones (excluding diaryl/α,β-unsaturated/α-hetero) is 1. The van der Waals surface area contributed by atoms with E-state index in [4.69, 9.17) is 33.5 Å². The Kier molecular flexibility index (Phi) is 7.21. The molecule has 2 aliphatic rings. The topological polar surface area (TPSA) is 103 Å². The van der Waals surface area contributed by atoms with E-state index in [1.807, 2.05) is 19.9 Å². The molecule has 4 rings (SSSR count). The lowest BCUT2D eigenvalue weighted by Gasteiger charge is -2.41. The number of nitriles is 1. The van der Waals surface area contributed by atoms with Gasteiger partial charge in [0.15, 0.2) is 0 Å². The minimum Gasteiger partial charge on any atom is -0.351 e. The number of nitrogens with one attached hydrogen (secondary N) is 1. The van der Waals surface area contributed by atoms with E-state index in [9.17, 15) is 14.4 Å². The largest absolute Gasteiger partial charge is 0.351 e. The van der Waals surface area contributed by atoms with E-state index < -0.39 is 12.0 Å². The summed E-state index contributed by atoms with van der Waals surface area (Å²) in [5.74, 6) is -1.34. The second-order valence-electron chi connectivity index (χ2n) is 9.93. The van der Waals surface area contributed by atoms with Crippen LogP contribution in [0, 0.1) is 22.7 Å². The number of aliphatic imine (C=N–C) groups is 1. The van der Waals surface area contributed by atoms with Gasteiger partial charge in [-0.15, -0.1) is 0 Å². The number of hydrogen-bond acceptors (Lipinski definition) is 5. The van der Waals surface area contributed by atoms with Gasteiger partial charge >= 0.3 is 0 Å². The first-order valence-corrected chi connectivity index (χ1v) is 12.4. The minimum absolute atomic E-state index is 0.0189. The Hall–Kier alpha value is -3.21. The summed E-state index contributed by atoms with van der Waals surface area (Å²) in [4.78, 5) is 45.9. The van der Waals surface area contributed by atoms with Gasteiger partial charge in [0.2, 0.25) is 5.91 Å². The number of anilines is 1. The molecule has 2 unspecified atom stereocenters. The molecule has 0 aromatic heterocycles. The molecule has 0 saturated heterocycles. The second kappa shape index (κ2) is 10.0. The molecular weight excluding hydrogens is 499 g/mol. The van der Waals surface area contributed by atoms with Crippen LogP contribution in [-0.2, 0) is 9.59 Å². The number of carbonyl (C=O) groups excluding carboxylic acids is 3. The van der Waals surface area contributed by atoms with Crippen molar-refractivity contribution >= 4 is 57.9 Å². The molecule has 186 valence electrons. The van der Waals surface area contributed by atoms with Crippen molar-refractivity contribution in [2.45, 2.75) is 46.1 Å². The summed E-state index contributed by atoms with van der Waals surface area (Å²) in [6.45, 7) is 5.69. The van der Waals surface area contributed by atoms with Crippen molar-refractivity contribution in [3.8, 4) is 6.07 Å². The van der Waals surface area contributed by atoms with Gasteiger partial charge in [-0.05, 0) is 47.7 Å². The minimum atomic E-state index is -0.717. The number of rotatable bonds is 4. The lowest BCUT2D eigenvalue weighted by molar-refractivity contribution is -0.124. The number of ketones is 1. The zero-order chi connectivity index (χ0) is 26.2. The summed E-state index contributed by atoms with van der Waals surface area (Å²) in [6, 6.07) is 11.2. The van der Waals surface area contributed by atoms with E-state index >= 15 is 0 Å². The normalized spacial score (nSPS) is 20.4. The first-order chi connectivity index (χ1) is 17.0. The Morgan fingerprint density at radius 2 is 1.94 bits per heavy atom. The summed E-state index contributed by atoms with van der Waals surface area (Å²) < 4.78 is 0. The number of nitrogens with zero attached hydrogens (tertiary/aromatic N) is 3. The lowest BCUT2D eigenvalue weighted by atomic mass is 9.68. The third-order valence-electron chi connectivity index (χ3n) is 6.52. The van der Waals surface area contributed by atoms with Crippen LogP contribution in [0.15, 0.2) is 41.4 Å². The van der Waals surface area contributed by atoms with Crippen molar-refractivity contribution in [1.29, 1.82) is 5.26 Å². The van der Waals surface area contributed by atoms with E-state index in [1.165, 1.54) is 6.92 Å². The van der Waals surface area contributed by atoms with Crippen molar-refractivity contribution in [2.75, 3.05) is 11.4 Å². The van der Waals surface area contributed by atoms with Gasteiger partial charge in [0.25, 0.3) is 5.91 Å². The van der Waals surface area contributed by atoms with Crippen LogP contribution >= 0.6 is 23.2 Å². The first-order valence-electron chi connectivity index (χ1n) is 11.7. The van der Waals surface area contributed by atoms with Gasteiger partial charge in [0.1, 0.15) is 5.78 Å². The van der Waals surface area contributed by atoms with Gasteiger partial charge in [-0.1, -0.05) is 43.1 Å². The predicted octanol–water partition coefficient (Wildman–Crippen LogP) is 5.82. The third kappa shape index (κ3) is 5.02. The molecule has 36 heavy (non-hydrogen) atoms. The summed E-state index contributed by atoms with van der Waals surface area (Å²) in [7, 11) is 0. The van der Waals surface area contributed by atoms with Crippen molar-refractivity contribution in [3.05, 3.63) is 57.6 Å². The fraction of sp³-hybridized carbons (Fsp3) is 0.370. The summed E-state index contributed by atoms with van der Waals surface area (Å²) in [5, 5.41) is 12.3. The van der Waals surface area contributed by atoms with Crippen LogP contribution in [-0.4, -0.2) is 29.9 Å². The maximum Gasteiger partial charge on any atom is 0.251 e. The fourth-order valence-corrected chi connectivity index (χ4v) is 5.59. The van der Waals surface area contributed by atoms with Gasteiger partial charge in [0, 0.05) is 41.2 Å². The summed E-state index contributed by atoms with van der Waals surface area (Å²) in [5.41, 5.74) is 2.21. The molecule has 0 radical (unpaired) electrons. The number of fused-ring (bicyclic) bond motifs is 2. The van der Waals surface area contributed by atoms with Crippen molar-refractivity contribution in [3.63, 3.8) is 0 Å². The molecule has 1 N–H and O–H groups in total. The number of carbonyl (C=O) groups is 3. The molecule has 1 fully saturated rings. The molecule has 2 aromatic rings. The van der Waals surface area contributed by atoms with Crippen LogP contribution in [0.4, 0.5) is 11.4 Å². The van der Waals surface area contributed by atoms with Crippen LogP contribution in [0.3, 0.4) is 0 Å². The van der Waals surface area contributed by atoms with Crippen LogP contribution < -0.4 is 10.2 Å². The molecular formula is C27H26Cl2N4O3. The maximum atomic E-state index is 13.6. The molecule has 2 amide bonds. The molecule has 2 aromatic carbocycles. The summed E-state index contributed by atoms with van der Waals surface area (Å²) >= 11 is 12.8. The van der Waals surface area contributed by atoms with E-state index in [0.717, 1.165) is 0 Å². The fourth-order valence-electron chi connectivity index (χ4n) is 5.07. The standard InChI is InChI=1S/C27H26Cl2N4O3/c1-15(34)33-22-8-5-16(26(36)31-10-4-9-30)11-20(22)32-21-13-27(2,3)14-23(35)24(21)25(33)18-7-6-17(28)12-19(18)29/h5-8,11-12,24-25H,4,10,13-14H2,1-3H3,(H,31,36). The Morgan fingerprint density at radius 1 is 1.19 bits per heavy atom. The van der Waals surface area contributed by atoms with Crippen molar-refractivity contribution in [1.82, 2.24) is 5.32 Å². The zero-order valence-electron chi connectivity index (χ0n) is 20.3. The number of halogens is 2. The lowest BCUT2D eigenvalue weighted by Crippen LogP contribution is -2.47. The van der Waals surface area contributed by atoms with Gasteiger partial charge in [0.05, 0.1) is 35.8 Å². The molecule has 1 heterocycles. The highest BCUT2D eigenvalue weighted by Gasteiger charge is 2.47. The monoisotopic (exact) mass is 524 g/mol. The highest BCUT2D eigenvalue weighted by Crippen LogP contribution is 2.49. The van der Waals surface area contributed by atoms with Gasteiger partial charge in [-0.3, -0.25) is 19.4 Å². The highest BCUT2D eigenvalue weighted by molar-refractivity contribution is 6.35. The highest BCUT2D eigenvalue weighted by atomic mass is 35.5. The maximum absolute atomic E-state index is 13.6. The van der Waals surface area contributed by atoms with Crippen LogP contribution in [0.2, 0.25) is 10.0 Å². The molecule has 0 bridgehead atoms.